The van der Waals surface area contributed by atoms with E-state index in [1.54, 1.807) is 18.2 Å². The zero-order chi connectivity index (χ0) is 25.5. The van der Waals surface area contributed by atoms with Gasteiger partial charge in [-0.05, 0) is 38.0 Å². The first-order chi connectivity index (χ1) is 15.7. The maximum atomic E-state index is 13.5. The maximum Gasteiger partial charge on any atom is 0.460 e. The predicted octanol–water partition coefficient (Wildman–Crippen LogP) is 5.48. The molecule has 1 heterocycles. The summed E-state index contributed by atoms with van der Waals surface area (Å²) in [5.74, 6) is -16.3. The van der Waals surface area contributed by atoms with Crippen molar-refractivity contribution in [1.82, 2.24) is 5.43 Å². The Balaban J connectivity index is 1.85. The number of aryl methyl sites for hydroxylation is 1. The van der Waals surface area contributed by atoms with Crippen LogP contribution in [0.2, 0.25) is 5.02 Å². The van der Waals surface area contributed by atoms with Crippen LogP contribution in [0.25, 0.3) is 0 Å². The Labute approximate surface area is 192 Å². The van der Waals surface area contributed by atoms with Crippen LogP contribution in [0.15, 0.2) is 33.8 Å². The molecule has 2 N–H and O–H groups in total. The Morgan fingerprint density at radius 1 is 1.09 bits per heavy atom. The van der Waals surface area contributed by atoms with Crippen LogP contribution in [0.4, 0.5) is 36.4 Å². The van der Waals surface area contributed by atoms with Gasteiger partial charge in [0.25, 0.3) is 5.91 Å². The summed E-state index contributed by atoms with van der Waals surface area (Å²) in [7, 11) is 0. The van der Waals surface area contributed by atoms with Crippen molar-refractivity contribution in [3.8, 4) is 0 Å². The average Bonchev–Trinajstić information content (AvgIpc) is 3.08. The number of halogens is 8. The molecule has 3 rings (SSSR count). The van der Waals surface area contributed by atoms with E-state index in [9.17, 15) is 40.3 Å². The molecule has 0 spiro atoms. The van der Waals surface area contributed by atoms with Gasteiger partial charge in [-0.2, -0.15) is 35.8 Å². The number of hydrogen-bond acceptors (Lipinski definition) is 4. The quantitative estimate of drug-likeness (QED) is 0.410. The third-order valence-electron chi connectivity index (χ3n) is 4.94. The molecule has 0 unspecified atom stereocenters. The third kappa shape index (κ3) is 4.61. The lowest BCUT2D eigenvalue weighted by Crippen LogP contribution is -2.58. The lowest BCUT2D eigenvalue weighted by atomic mass is 9.93. The van der Waals surface area contributed by atoms with Crippen LogP contribution in [0.5, 0.6) is 0 Å². The van der Waals surface area contributed by atoms with Gasteiger partial charge < -0.3 is 9.73 Å². The maximum absolute atomic E-state index is 13.5. The summed E-state index contributed by atoms with van der Waals surface area (Å²) >= 11 is 5.86. The van der Waals surface area contributed by atoms with Crippen molar-refractivity contribution in [1.29, 1.82) is 0 Å². The zero-order valence-electron chi connectivity index (χ0n) is 17.1. The first-order valence-electron chi connectivity index (χ1n) is 9.55. The number of rotatable bonds is 5. The van der Waals surface area contributed by atoms with E-state index in [0.29, 0.717) is 23.6 Å². The molecule has 2 amide bonds. The Morgan fingerprint density at radius 2 is 1.76 bits per heavy atom. The molecule has 0 atom stereocenters. The summed E-state index contributed by atoms with van der Waals surface area (Å²) in [6, 6.07) is 6.20. The molecule has 0 bridgehead atoms. The SMILES string of the molecule is Cc1c(C(=O)Nc2cccc(Cl)c2)oc2c1/C(=N/NC(=O)C(F)(F)C(F)(F)C(F)(F)F)CCC2. The van der Waals surface area contributed by atoms with Crippen molar-refractivity contribution < 1.29 is 44.7 Å². The summed E-state index contributed by atoms with van der Waals surface area (Å²) in [5, 5.41) is 6.24. The fraction of sp³-hybridized carbons (Fsp3) is 0.350. The second kappa shape index (κ2) is 8.93. The highest BCUT2D eigenvalue weighted by Crippen LogP contribution is 2.46. The number of anilines is 1. The fourth-order valence-electron chi connectivity index (χ4n) is 3.26. The Kier molecular flexibility index (Phi) is 6.71. The van der Waals surface area contributed by atoms with Gasteiger partial charge in [0, 0.05) is 28.3 Å². The molecule has 0 radical (unpaired) electrons. The van der Waals surface area contributed by atoms with E-state index in [-0.39, 0.29) is 34.8 Å². The summed E-state index contributed by atoms with van der Waals surface area (Å²) in [4.78, 5) is 24.1. The highest BCUT2D eigenvalue weighted by atomic mass is 35.5. The number of hydrogen-bond donors (Lipinski definition) is 2. The number of fused-ring (bicyclic) bond motifs is 1. The molecule has 1 aromatic heterocycles. The molecule has 6 nitrogen and oxygen atoms in total. The summed E-state index contributed by atoms with van der Waals surface area (Å²) in [6.07, 6.45) is -6.00. The largest absolute Gasteiger partial charge is 0.460 e. The topological polar surface area (TPSA) is 83.7 Å². The van der Waals surface area contributed by atoms with Crippen molar-refractivity contribution >= 4 is 34.8 Å². The van der Waals surface area contributed by atoms with Crippen molar-refractivity contribution in [2.45, 2.75) is 44.2 Å². The first kappa shape index (κ1) is 25.5. The first-order valence-corrected chi connectivity index (χ1v) is 9.93. The molecular formula is C20H15ClF7N3O3. The molecule has 184 valence electrons. The van der Waals surface area contributed by atoms with E-state index in [4.69, 9.17) is 16.0 Å². The van der Waals surface area contributed by atoms with Crippen molar-refractivity contribution in [3.63, 3.8) is 0 Å². The molecular weight excluding hydrogens is 499 g/mol. The molecule has 1 aliphatic rings. The average molecular weight is 514 g/mol. The summed E-state index contributed by atoms with van der Waals surface area (Å²) in [6.45, 7) is 1.43. The predicted molar refractivity (Wildman–Crippen MR) is 106 cm³/mol. The van der Waals surface area contributed by atoms with Crippen molar-refractivity contribution in [2.24, 2.45) is 5.10 Å². The summed E-state index contributed by atoms with van der Waals surface area (Å²) in [5.41, 5.74) is 1.68. The normalized spacial score (nSPS) is 15.7. The van der Waals surface area contributed by atoms with E-state index in [0.717, 1.165) is 5.43 Å². The molecule has 0 aliphatic heterocycles. The van der Waals surface area contributed by atoms with Crippen LogP contribution in [0, 0.1) is 6.92 Å². The third-order valence-corrected chi connectivity index (χ3v) is 5.18. The Bertz CT molecular complexity index is 1160. The number of alkyl halides is 7. The van der Waals surface area contributed by atoms with Gasteiger partial charge in [0.15, 0.2) is 5.76 Å². The van der Waals surface area contributed by atoms with E-state index in [1.165, 1.54) is 13.0 Å². The van der Waals surface area contributed by atoms with Gasteiger partial charge in [-0.15, -0.1) is 0 Å². The number of benzene rings is 1. The van der Waals surface area contributed by atoms with Crippen molar-refractivity contribution in [3.05, 3.63) is 51.9 Å². The number of nitrogens with one attached hydrogen (secondary N) is 2. The number of carbonyl (C=O) groups is 2. The Hall–Kier alpha value is -3.09. The molecule has 1 aliphatic carbocycles. The van der Waals surface area contributed by atoms with Crippen LogP contribution >= 0.6 is 11.6 Å². The molecule has 14 heteroatoms. The number of hydrazone groups is 1. The van der Waals surface area contributed by atoms with Gasteiger partial charge in [0.05, 0.1) is 5.71 Å². The van der Waals surface area contributed by atoms with Gasteiger partial charge in [0.1, 0.15) is 5.76 Å². The van der Waals surface area contributed by atoms with Gasteiger partial charge >= 0.3 is 23.9 Å². The van der Waals surface area contributed by atoms with Crippen LogP contribution < -0.4 is 10.7 Å². The van der Waals surface area contributed by atoms with Crippen LogP contribution in [-0.2, 0) is 11.2 Å². The van der Waals surface area contributed by atoms with Gasteiger partial charge in [-0.3, -0.25) is 9.59 Å². The highest BCUT2D eigenvalue weighted by molar-refractivity contribution is 6.31. The Morgan fingerprint density at radius 3 is 2.38 bits per heavy atom. The van der Waals surface area contributed by atoms with E-state index in [2.05, 4.69) is 10.4 Å². The molecule has 0 fully saturated rings. The molecule has 1 aromatic carbocycles. The van der Waals surface area contributed by atoms with Crippen LogP contribution in [0.1, 0.15) is 40.3 Å². The minimum Gasteiger partial charge on any atom is -0.455 e. The smallest absolute Gasteiger partial charge is 0.455 e. The zero-order valence-corrected chi connectivity index (χ0v) is 17.9. The standard InChI is InChI=1S/C20H15ClF7N3O3/c1-9-14-12(30-31-17(33)18(22,23)19(24,25)20(26,27)28)6-3-7-13(14)34-15(9)16(32)29-11-5-2-4-10(21)8-11/h2,4-5,8H,3,6-7H2,1H3,(H,29,32)(H,31,33)/b30-12+. The van der Waals surface area contributed by atoms with Gasteiger partial charge in [0.2, 0.25) is 0 Å². The lowest BCUT2D eigenvalue weighted by Gasteiger charge is -2.26. The summed E-state index contributed by atoms with van der Waals surface area (Å²) < 4.78 is 95.6. The lowest BCUT2D eigenvalue weighted by molar-refractivity contribution is -0.344. The number of carbonyl (C=O) groups excluding carboxylic acids is 2. The van der Waals surface area contributed by atoms with Crippen molar-refractivity contribution in [2.75, 3.05) is 5.32 Å². The number of amides is 2. The molecule has 0 saturated heterocycles. The van der Waals surface area contributed by atoms with Crippen LogP contribution in [-0.4, -0.2) is 35.5 Å². The molecule has 34 heavy (non-hydrogen) atoms. The van der Waals surface area contributed by atoms with E-state index < -0.39 is 29.8 Å². The second-order valence-corrected chi connectivity index (χ2v) is 7.75. The van der Waals surface area contributed by atoms with E-state index in [1.807, 2.05) is 0 Å². The molecule has 0 saturated carbocycles. The minimum atomic E-state index is -6.66. The number of nitrogens with zero attached hydrogens (tertiary/aromatic N) is 1. The van der Waals surface area contributed by atoms with E-state index >= 15 is 0 Å². The molecule has 2 aromatic rings. The van der Waals surface area contributed by atoms with Gasteiger partial charge in [-0.25, -0.2) is 5.43 Å². The minimum absolute atomic E-state index is 0.0459. The highest BCUT2D eigenvalue weighted by Gasteiger charge is 2.76. The second-order valence-electron chi connectivity index (χ2n) is 7.32. The fourth-order valence-corrected chi connectivity index (χ4v) is 3.45. The van der Waals surface area contributed by atoms with Crippen LogP contribution in [0.3, 0.4) is 0 Å². The number of furan rings is 1. The van der Waals surface area contributed by atoms with Gasteiger partial charge in [-0.1, -0.05) is 17.7 Å². The monoisotopic (exact) mass is 513 g/mol.